The van der Waals surface area contributed by atoms with Gasteiger partial charge in [0.05, 0.1) is 17.3 Å². The monoisotopic (exact) mass is 429 g/mol. The van der Waals surface area contributed by atoms with Gasteiger partial charge in [-0.3, -0.25) is 0 Å². The van der Waals surface area contributed by atoms with Crippen molar-refractivity contribution in [1.29, 1.82) is 0 Å². The summed E-state index contributed by atoms with van der Waals surface area (Å²) in [7, 11) is 1.85. The van der Waals surface area contributed by atoms with Gasteiger partial charge in [-0.25, -0.2) is 13.2 Å². The van der Waals surface area contributed by atoms with Gasteiger partial charge in [0.2, 0.25) is 0 Å². The van der Waals surface area contributed by atoms with Gasteiger partial charge in [-0.15, -0.1) is 0 Å². The van der Waals surface area contributed by atoms with E-state index in [1.807, 2.05) is 7.05 Å². The summed E-state index contributed by atoms with van der Waals surface area (Å²) < 4.78 is 41.9. The Bertz CT molecular complexity index is 1060. The van der Waals surface area contributed by atoms with Crippen LogP contribution < -0.4 is 10.6 Å². The van der Waals surface area contributed by atoms with Crippen molar-refractivity contribution in [3.8, 4) is 11.3 Å². The zero-order chi connectivity index (χ0) is 22.0. The second-order valence-corrected chi connectivity index (χ2v) is 8.31. The van der Waals surface area contributed by atoms with Crippen LogP contribution in [0.4, 0.5) is 13.2 Å². The average Bonchev–Trinajstić information content (AvgIpc) is 3.09. The van der Waals surface area contributed by atoms with Crippen molar-refractivity contribution in [2.24, 2.45) is 5.92 Å². The van der Waals surface area contributed by atoms with Crippen LogP contribution in [0.15, 0.2) is 36.4 Å². The summed E-state index contributed by atoms with van der Waals surface area (Å²) in [4.78, 5) is 14.3. The lowest BCUT2D eigenvalue weighted by Gasteiger charge is -2.37. The number of carbonyl (C=O) groups is 1. The highest BCUT2D eigenvalue weighted by Crippen LogP contribution is 2.48. The Kier molecular flexibility index (Phi) is 6.43. The summed E-state index contributed by atoms with van der Waals surface area (Å²) in [6, 6.07) is 8.06. The Morgan fingerprint density at radius 2 is 1.87 bits per heavy atom. The number of halogens is 3. The van der Waals surface area contributed by atoms with Crippen molar-refractivity contribution in [1.82, 2.24) is 15.6 Å². The highest BCUT2D eigenvalue weighted by atomic mass is 19.1. The van der Waals surface area contributed by atoms with Gasteiger partial charge in [0, 0.05) is 11.5 Å². The van der Waals surface area contributed by atoms with Gasteiger partial charge in [-0.2, -0.15) is 0 Å². The lowest BCUT2D eigenvalue weighted by molar-refractivity contribution is -0.109. The zero-order valence-electron chi connectivity index (χ0n) is 17.4. The second-order valence-electron chi connectivity index (χ2n) is 8.31. The first kappa shape index (κ1) is 21.6. The predicted molar refractivity (Wildman–Crippen MR) is 115 cm³/mol. The van der Waals surface area contributed by atoms with Crippen LogP contribution in [-0.2, 0) is 4.79 Å². The third kappa shape index (κ3) is 4.52. The van der Waals surface area contributed by atoms with Gasteiger partial charge in [-0.1, -0.05) is 0 Å². The molecule has 31 heavy (non-hydrogen) atoms. The number of rotatable bonds is 9. The average molecular weight is 429 g/mol. The van der Waals surface area contributed by atoms with Crippen molar-refractivity contribution in [2.75, 3.05) is 20.1 Å². The Balaban J connectivity index is 1.57. The maximum Gasteiger partial charge on any atom is 0.150 e. The van der Waals surface area contributed by atoms with E-state index in [0.717, 1.165) is 55.8 Å². The molecule has 4 nitrogen and oxygen atoms in total. The smallest absolute Gasteiger partial charge is 0.150 e. The Morgan fingerprint density at radius 1 is 1.13 bits per heavy atom. The van der Waals surface area contributed by atoms with Gasteiger partial charge in [0.1, 0.15) is 23.7 Å². The third-order valence-electron chi connectivity index (χ3n) is 6.18. The number of H-pyrrole nitrogens is 1. The molecule has 4 rings (SSSR count). The molecule has 3 aromatic rings. The summed E-state index contributed by atoms with van der Waals surface area (Å²) in [6.45, 7) is 1.48. The summed E-state index contributed by atoms with van der Waals surface area (Å²) in [5.74, 6) is -1.09. The molecule has 0 radical (unpaired) electrons. The van der Waals surface area contributed by atoms with E-state index in [1.165, 1.54) is 18.2 Å². The first-order chi connectivity index (χ1) is 15.0. The number of carbonyl (C=O) groups excluding carboxylic acids is 1. The normalized spacial score (nSPS) is 19.4. The first-order valence-electron chi connectivity index (χ1n) is 10.6. The van der Waals surface area contributed by atoms with Gasteiger partial charge in [0.25, 0.3) is 0 Å². The first-order valence-corrected chi connectivity index (χ1v) is 10.6. The van der Waals surface area contributed by atoms with Gasteiger partial charge in [-0.05, 0) is 92.7 Å². The van der Waals surface area contributed by atoms with Crippen molar-refractivity contribution in [2.45, 2.75) is 31.2 Å². The van der Waals surface area contributed by atoms with Crippen molar-refractivity contribution < 1.29 is 18.0 Å². The van der Waals surface area contributed by atoms with E-state index < -0.39 is 11.6 Å². The minimum absolute atomic E-state index is 0.133. The Morgan fingerprint density at radius 3 is 2.55 bits per heavy atom. The van der Waals surface area contributed by atoms with Crippen LogP contribution in [0.3, 0.4) is 0 Å². The predicted octanol–water partition coefficient (Wildman–Crippen LogP) is 4.51. The third-order valence-corrected chi connectivity index (χ3v) is 6.18. The summed E-state index contributed by atoms with van der Waals surface area (Å²) in [6.07, 6.45) is 3.37. The molecule has 7 heteroatoms. The highest BCUT2D eigenvalue weighted by molar-refractivity contribution is 5.92. The molecule has 1 aromatic heterocycles. The summed E-state index contributed by atoms with van der Waals surface area (Å²) in [5.41, 5.74) is 2.58. The molecule has 3 N–H and O–H groups in total. The molecule has 0 saturated heterocycles. The van der Waals surface area contributed by atoms with Crippen molar-refractivity contribution in [3.63, 3.8) is 0 Å². The van der Waals surface area contributed by atoms with E-state index >= 15 is 0 Å². The molecule has 0 bridgehead atoms. The fraction of sp³-hybridized carbons (Fsp3) is 0.375. The number of aldehydes is 1. The Hall–Kier alpha value is -2.64. The maximum absolute atomic E-state index is 14.5. The van der Waals surface area contributed by atoms with E-state index in [4.69, 9.17) is 0 Å². The number of aromatic nitrogens is 1. The summed E-state index contributed by atoms with van der Waals surface area (Å²) >= 11 is 0. The molecule has 0 spiro atoms. The molecule has 1 atom stereocenters. The molecule has 0 aliphatic heterocycles. The maximum atomic E-state index is 14.5. The fourth-order valence-electron chi connectivity index (χ4n) is 4.48. The molecule has 2 aromatic carbocycles. The second kappa shape index (κ2) is 9.24. The van der Waals surface area contributed by atoms with Gasteiger partial charge < -0.3 is 20.4 Å². The SMILES string of the molecule is CNCCC(C=O)NCC1CC(c2c(-c3ccc(F)cc3)[nH]c3c(F)cc(F)cc23)C1. The van der Waals surface area contributed by atoms with Crippen LogP contribution >= 0.6 is 0 Å². The molecule has 1 aliphatic carbocycles. The number of aromatic amines is 1. The fourth-order valence-corrected chi connectivity index (χ4v) is 4.48. The van der Waals surface area contributed by atoms with Gasteiger partial charge >= 0.3 is 0 Å². The molecule has 1 unspecified atom stereocenters. The van der Waals surface area contributed by atoms with E-state index in [9.17, 15) is 18.0 Å². The van der Waals surface area contributed by atoms with E-state index in [1.54, 1.807) is 12.1 Å². The van der Waals surface area contributed by atoms with Crippen LogP contribution in [0.25, 0.3) is 22.2 Å². The van der Waals surface area contributed by atoms with Crippen molar-refractivity contribution in [3.05, 3.63) is 59.4 Å². The minimum atomic E-state index is -0.638. The highest BCUT2D eigenvalue weighted by Gasteiger charge is 2.34. The molecule has 164 valence electrons. The molecule has 0 amide bonds. The molecule has 1 heterocycles. The van der Waals surface area contributed by atoms with E-state index in [2.05, 4.69) is 15.6 Å². The topological polar surface area (TPSA) is 56.9 Å². The van der Waals surface area contributed by atoms with Crippen LogP contribution in [0.2, 0.25) is 0 Å². The lowest BCUT2D eigenvalue weighted by Crippen LogP contribution is -2.39. The molecular formula is C24H26F3N3O. The standard InChI is InChI=1S/C24H26F3N3O/c1-28-7-6-19(13-31)29-12-14-8-16(9-14)22-20-10-18(26)11-21(27)24(20)30-23(22)15-2-4-17(25)5-3-15/h2-5,10-11,13-14,16,19,28-30H,6-9,12H2,1H3. The number of hydrogen-bond acceptors (Lipinski definition) is 3. The van der Waals surface area contributed by atoms with E-state index in [-0.39, 0.29) is 23.3 Å². The van der Waals surface area contributed by atoms with Crippen LogP contribution in [-0.4, -0.2) is 37.4 Å². The Labute approximate surface area is 179 Å². The van der Waals surface area contributed by atoms with Crippen LogP contribution in [0.5, 0.6) is 0 Å². The molecular weight excluding hydrogens is 403 g/mol. The summed E-state index contributed by atoms with van der Waals surface area (Å²) in [5, 5.41) is 6.88. The van der Waals surface area contributed by atoms with Crippen LogP contribution in [0.1, 0.15) is 30.7 Å². The molecule has 1 saturated carbocycles. The number of nitrogens with one attached hydrogen (secondary N) is 3. The number of benzene rings is 2. The van der Waals surface area contributed by atoms with Gasteiger partial charge in [0.15, 0.2) is 0 Å². The number of fused-ring (bicyclic) bond motifs is 1. The van der Waals surface area contributed by atoms with Crippen molar-refractivity contribution >= 4 is 17.2 Å². The number of hydrogen-bond donors (Lipinski definition) is 3. The molecule has 1 aliphatic rings. The van der Waals surface area contributed by atoms with E-state index in [0.29, 0.717) is 17.0 Å². The largest absolute Gasteiger partial charge is 0.352 e. The van der Waals surface area contributed by atoms with Crippen LogP contribution in [0, 0.1) is 23.4 Å². The quantitative estimate of drug-likeness (QED) is 0.439. The molecule has 1 fully saturated rings. The minimum Gasteiger partial charge on any atom is -0.352 e. The zero-order valence-corrected chi connectivity index (χ0v) is 17.4. The lowest BCUT2D eigenvalue weighted by atomic mass is 9.70.